The van der Waals surface area contributed by atoms with E-state index in [0.29, 0.717) is 0 Å². The molecule has 0 saturated carbocycles. The van der Waals surface area contributed by atoms with Gasteiger partial charge in [-0.3, -0.25) is 19.2 Å². The summed E-state index contributed by atoms with van der Waals surface area (Å²) in [5.74, 6) is -2.27. The zero-order chi connectivity index (χ0) is 35.4. The van der Waals surface area contributed by atoms with Gasteiger partial charge in [-0.05, 0) is 58.9 Å². The van der Waals surface area contributed by atoms with Gasteiger partial charge in [-0.15, -0.1) is 0 Å². The largest absolute Gasteiger partial charge is 0.501 e. The molecular weight excluding hydrogens is 683 g/mol. The molecule has 0 atom stereocenters. The molecule has 2 aromatic carbocycles. The molecule has 0 heterocycles. The smallest absolute Gasteiger partial charge is 0.201 e. The average Bonchev–Trinajstić information content (AvgIpc) is 2.98. The van der Waals surface area contributed by atoms with Crippen LogP contribution in [0.2, 0.25) is 10.0 Å². The molecule has 0 radical (unpaired) electrons. The molecule has 0 unspecified atom stereocenters. The number of hydrogen-bond acceptors (Lipinski definition) is 11. The van der Waals surface area contributed by atoms with Gasteiger partial charge in [0, 0.05) is 11.1 Å². The van der Waals surface area contributed by atoms with Gasteiger partial charge in [0.05, 0.1) is 59.6 Å². The first-order chi connectivity index (χ1) is 21.4. The number of rotatable bonds is 16. The van der Waals surface area contributed by atoms with E-state index in [1.165, 1.54) is 52.0 Å². The van der Waals surface area contributed by atoms with Crippen LogP contribution in [-0.4, -0.2) is 71.3 Å². The minimum absolute atomic E-state index is 0.0266. The van der Waals surface area contributed by atoms with E-state index < -0.39 is 37.0 Å². The fourth-order valence-corrected chi connectivity index (χ4v) is 6.56. The van der Waals surface area contributed by atoms with E-state index in [9.17, 15) is 36.0 Å². The van der Waals surface area contributed by atoms with Crippen molar-refractivity contribution in [3.63, 3.8) is 0 Å². The highest BCUT2D eigenvalue weighted by Crippen LogP contribution is 2.38. The van der Waals surface area contributed by atoms with Crippen LogP contribution in [0.1, 0.15) is 75.6 Å². The Labute approximate surface area is 280 Å². The number of sulfone groups is 2. The molecule has 2 aromatic rings. The Balaban J connectivity index is 0.000000467. The van der Waals surface area contributed by atoms with Gasteiger partial charge < -0.3 is 14.2 Å². The van der Waals surface area contributed by atoms with Gasteiger partial charge in [0.1, 0.15) is 15.6 Å². The number of halogens is 2. The Morgan fingerprint density at radius 1 is 0.696 bits per heavy atom. The van der Waals surface area contributed by atoms with Crippen molar-refractivity contribution in [2.75, 3.05) is 31.3 Å². The normalized spacial score (nSPS) is 11.6. The summed E-state index contributed by atoms with van der Waals surface area (Å²) in [6.45, 7) is 11.3. The van der Waals surface area contributed by atoms with Gasteiger partial charge in [0.2, 0.25) is 5.78 Å². The van der Waals surface area contributed by atoms with Gasteiger partial charge in [-0.1, -0.05) is 37.0 Å². The Hall–Kier alpha value is -3.26. The van der Waals surface area contributed by atoms with E-state index in [1.807, 2.05) is 0 Å². The summed E-state index contributed by atoms with van der Waals surface area (Å²) in [6.07, 6.45) is 0.795. The van der Waals surface area contributed by atoms with Gasteiger partial charge in [-0.25, -0.2) is 16.8 Å². The van der Waals surface area contributed by atoms with E-state index in [1.54, 1.807) is 20.8 Å². The van der Waals surface area contributed by atoms with Crippen LogP contribution in [0.15, 0.2) is 45.9 Å². The van der Waals surface area contributed by atoms with Crippen molar-refractivity contribution in [1.29, 1.82) is 0 Å². The summed E-state index contributed by atoms with van der Waals surface area (Å²) < 4.78 is 64.2. The molecule has 0 saturated heterocycles. The maximum Gasteiger partial charge on any atom is 0.201 e. The SMILES string of the molecule is CCOC=C(C(C)=O)C(=O)c1ccc(S(=O)(=O)CC)c(OCC)c1Cl.CCOc1c(S(=O)(=O)CC)ccc(C(=O)CC(C)=O)c1Cl. The van der Waals surface area contributed by atoms with E-state index in [4.69, 9.17) is 37.4 Å². The molecule has 0 spiro atoms. The minimum Gasteiger partial charge on any atom is -0.501 e. The quantitative estimate of drug-likeness (QED) is 0.0665. The number of Topliss-reactive ketones (excluding diaryl/α,β-unsaturated/α-hetero) is 4. The minimum atomic E-state index is -3.59. The first-order valence-electron chi connectivity index (χ1n) is 14.2. The highest BCUT2D eigenvalue weighted by molar-refractivity contribution is 7.91. The van der Waals surface area contributed by atoms with Crippen molar-refractivity contribution in [2.24, 2.45) is 0 Å². The number of carbonyl (C=O) groups excluding carboxylic acids is 4. The Bertz CT molecular complexity index is 1710. The third-order valence-electron chi connectivity index (χ3n) is 6.08. The lowest BCUT2D eigenvalue weighted by Crippen LogP contribution is -2.14. The molecule has 0 N–H and O–H groups in total. The van der Waals surface area contributed by atoms with Crippen molar-refractivity contribution in [2.45, 2.75) is 64.7 Å². The van der Waals surface area contributed by atoms with Crippen LogP contribution < -0.4 is 9.47 Å². The number of hydrogen-bond donors (Lipinski definition) is 0. The predicted octanol–water partition coefficient (Wildman–Crippen LogP) is 5.92. The van der Waals surface area contributed by atoms with Gasteiger partial charge in [0.25, 0.3) is 0 Å². The fraction of sp³-hybridized carbons (Fsp3) is 0.419. The van der Waals surface area contributed by atoms with Crippen LogP contribution in [0.3, 0.4) is 0 Å². The number of benzene rings is 2. The molecule has 15 heteroatoms. The van der Waals surface area contributed by atoms with Gasteiger partial charge in [-0.2, -0.15) is 0 Å². The lowest BCUT2D eigenvalue weighted by atomic mass is 10.0. The first kappa shape index (κ1) is 40.8. The maximum atomic E-state index is 12.6. The maximum absolute atomic E-state index is 12.6. The first-order valence-corrected chi connectivity index (χ1v) is 18.3. The monoisotopic (exact) mass is 720 g/mol. The summed E-state index contributed by atoms with van der Waals surface area (Å²) in [7, 11) is -7.12. The van der Waals surface area contributed by atoms with E-state index in [-0.39, 0.29) is 91.6 Å². The van der Waals surface area contributed by atoms with E-state index in [0.717, 1.165) is 6.26 Å². The van der Waals surface area contributed by atoms with E-state index in [2.05, 4.69) is 0 Å². The summed E-state index contributed by atoms with van der Waals surface area (Å²) in [6, 6.07) is 5.15. The summed E-state index contributed by atoms with van der Waals surface area (Å²) in [5.41, 5.74) is -0.121. The fourth-order valence-electron chi connectivity index (χ4n) is 3.76. The molecule has 0 aliphatic rings. The molecule has 0 aliphatic carbocycles. The second-order valence-corrected chi connectivity index (χ2v) is 14.6. The molecule has 46 heavy (non-hydrogen) atoms. The van der Waals surface area contributed by atoms with Gasteiger partial charge in [0.15, 0.2) is 42.7 Å². The second-order valence-electron chi connectivity index (χ2n) is 9.36. The topological polar surface area (TPSA) is 164 Å². The third-order valence-corrected chi connectivity index (χ3v) is 10.3. The van der Waals surface area contributed by atoms with Crippen LogP contribution in [0.25, 0.3) is 0 Å². The number of allylic oxidation sites excluding steroid dienone is 1. The molecular formula is C31H38Cl2O11S2. The van der Waals surface area contributed by atoms with Crippen molar-refractivity contribution in [1.82, 2.24) is 0 Å². The zero-order valence-corrected chi connectivity index (χ0v) is 29.8. The second kappa shape index (κ2) is 18.2. The van der Waals surface area contributed by atoms with Crippen LogP contribution in [0.4, 0.5) is 0 Å². The van der Waals surface area contributed by atoms with E-state index >= 15 is 0 Å². The molecule has 0 aromatic heterocycles. The van der Waals surface area contributed by atoms with Crippen molar-refractivity contribution in [3.05, 3.63) is 57.3 Å². The Morgan fingerprint density at radius 3 is 1.50 bits per heavy atom. The molecule has 0 fully saturated rings. The highest BCUT2D eigenvalue weighted by Gasteiger charge is 2.28. The standard InChI is InChI=1S/C17H21ClO6S.C14H17ClO5S/c1-5-23-10-13(11(4)19)16(20)12-8-9-14(25(21,22)7-3)17(15(12)18)24-6-2;1-4-20-14-12(21(18,19)5-2)7-6-10(13(14)15)11(17)8-9(3)16/h8-10H,5-7H2,1-4H3;6-7H,4-5,8H2,1-3H3. The summed E-state index contributed by atoms with van der Waals surface area (Å²) >= 11 is 12.4. The van der Waals surface area contributed by atoms with Crippen LogP contribution in [-0.2, 0) is 34.0 Å². The molecule has 0 bridgehead atoms. The summed E-state index contributed by atoms with van der Waals surface area (Å²) in [4.78, 5) is 47.2. The molecule has 0 amide bonds. The molecule has 254 valence electrons. The van der Waals surface area contributed by atoms with Crippen molar-refractivity contribution >= 4 is 66.0 Å². The Morgan fingerprint density at radius 2 is 1.13 bits per heavy atom. The molecule has 2 rings (SSSR count). The highest BCUT2D eigenvalue weighted by atomic mass is 35.5. The van der Waals surface area contributed by atoms with Crippen molar-refractivity contribution < 1.29 is 50.2 Å². The number of carbonyl (C=O) groups is 4. The zero-order valence-electron chi connectivity index (χ0n) is 26.7. The number of ketones is 4. The lowest BCUT2D eigenvalue weighted by molar-refractivity contribution is -0.116. The third kappa shape index (κ3) is 10.4. The van der Waals surface area contributed by atoms with Crippen LogP contribution in [0, 0.1) is 0 Å². The van der Waals surface area contributed by atoms with Crippen LogP contribution >= 0.6 is 23.2 Å². The molecule has 11 nitrogen and oxygen atoms in total. The predicted molar refractivity (Wildman–Crippen MR) is 175 cm³/mol. The summed E-state index contributed by atoms with van der Waals surface area (Å²) in [5, 5.41) is -0.220. The van der Waals surface area contributed by atoms with Crippen molar-refractivity contribution in [3.8, 4) is 11.5 Å². The lowest BCUT2D eigenvalue weighted by Gasteiger charge is -2.15. The average molecular weight is 722 g/mol. The molecule has 0 aliphatic heterocycles. The van der Waals surface area contributed by atoms with Gasteiger partial charge >= 0.3 is 0 Å². The number of ether oxygens (including phenoxy) is 3. The van der Waals surface area contributed by atoms with Crippen LogP contribution in [0.5, 0.6) is 11.5 Å². The Kier molecular flexibility index (Phi) is 16.1.